The minimum absolute atomic E-state index is 0.228. The first kappa shape index (κ1) is 26.2. The average molecular weight is 519 g/mol. The number of rotatable bonds is 8. The molecule has 0 amide bonds. The van der Waals surface area contributed by atoms with Crippen LogP contribution >= 0.6 is 0 Å². The Balaban J connectivity index is 1.45. The van der Waals surface area contributed by atoms with Crippen molar-refractivity contribution in [3.63, 3.8) is 0 Å². The summed E-state index contributed by atoms with van der Waals surface area (Å²) in [5.74, 6) is -0.0266. The van der Waals surface area contributed by atoms with E-state index in [1.165, 1.54) is 11.6 Å². The Bertz CT molecular complexity index is 1370. The fraction of sp³-hybridized carbons (Fsp3) is 0.406. The number of hydrogen-bond donors (Lipinski definition) is 1. The van der Waals surface area contributed by atoms with Crippen molar-refractivity contribution in [3.8, 4) is 22.6 Å². The van der Waals surface area contributed by atoms with Crippen LogP contribution in [0.5, 0.6) is 11.5 Å². The number of hydrogen-bond acceptors (Lipinski definition) is 4. The third-order valence-corrected chi connectivity index (χ3v) is 8.12. The minimum Gasteiger partial charge on any atom is -0.497 e. The molecule has 2 aliphatic carbocycles. The summed E-state index contributed by atoms with van der Waals surface area (Å²) in [7, 11) is 3.24. The molecule has 200 valence electrons. The molecule has 5 nitrogen and oxygen atoms in total. The molecule has 3 aromatic rings. The van der Waals surface area contributed by atoms with Crippen LogP contribution in [0.3, 0.4) is 0 Å². The minimum atomic E-state index is -0.712. The largest absolute Gasteiger partial charge is 0.497 e. The Morgan fingerprint density at radius 3 is 2.47 bits per heavy atom. The molecule has 1 fully saturated rings. The van der Waals surface area contributed by atoms with Crippen molar-refractivity contribution in [2.24, 2.45) is 11.3 Å². The molecule has 3 atom stereocenters. The van der Waals surface area contributed by atoms with Gasteiger partial charge >= 0.3 is 5.97 Å². The normalized spacial score (nSPS) is 20.7. The molecule has 0 radical (unpaired) electrons. The van der Waals surface area contributed by atoms with E-state index in [9.17, 15) is 9.90 Å². The molecule has 1 spiro atoms. The number of halogens is 1. The van der Waals surface area contributed by atoms with Gasteiger partial charge in [-0.3, -0.25) is 4.79 Å². The van der Waals surface area contributed by atoms with Crippen LogP contribution in [0.25, 0.3) is 11.1 Å². The van der Waals surface area contributed by atoms with Crippen LogP contribution in [0.15, 0.2) is 54.6 Å². The summed E-state index contributed by atoms with van der Waals surface area (Å²) in [5, 5.41) is 9.55. The Morgan fingerprint density at radius 2 is 1.82 bits per heavy atom. The quantitative estimate of drug-likeness (QED) is 0.345. The first-order valence-electron chi connectivity index (χ1n) is 13.1. The molecule has 0 aromatic heterocycles. The van der Waals surface area contributed by atoms with Gasteiger partial charge in [0.05, 0.1) is 19.1 Å². The topological polar surface area (TPSA) is 65.0 Å². The molecule has 0 heterocycles. The first-order valence-corrected chi connectivity index (χ1v) is 13.1. The summed E-state index contributed by atoms with van der Waals surface area (Å²) in [6.45, 7) is 6.61. The lowest BCUT2D eigenvalue weighted by molar-refractivity contribution is -0.139. The van der Waals surface area contributed by atoms with Gasteiger partial charge in [-0.2, -0.15) is 0 Å². The molecular formula is C32H35FO5. The van der Waals surface area contributed by atoms with Crippen molar-refractivity contribution < 1.29 is 28.5 Å². The van der Waals surface area contributed by atoms with Crippen molar-refractivity contribution in [2.45, 2.75) is 58.2 Å². The number of aryl methyl sites for hydroxylation is 1. The van der Waals surface area contributed by atoms with E-state index in [0.717, 1.165) is 40.8 Å². The van der Waals surface area contributed by atoms with Crippen molar-refractivity contribution in [3.05, 3.63) is 82.7 Å². The Kier molecular flexibility index (Phi) is 6.72. The van der Waals surface area contributed by atoms with Crippen LogP contribution in [-0.4, -0.2) is 25.3 Å². The molecule has 0 saturated heterocycles. The molecule has 2 aliphatic rings. The highest BCUT2D eigenvalue weighted by Gasteiger charge is 2.61. The second kappa shape index (κ2) is 9.73. The molecule has 38 heavy (non-hydrogen) atoms. The standard InChI is InChI=1S/C32H35FO5/c1-31(2,3)29(37-5)25-14-19(6-10-23(25)24-15-21(36-4)9-11-28(24)33)18-38-22-8-7-20-12-13-32(26(20)16-22)17-27(32)30(34)35/h6-11,14-16,27,29H,12-13,17-18H2,1-5H3,(H,34,35). The number of carboxylic acids is 1. The third-order valence-electron chi connectivity index (χ3n) is 8.12. The SMILES string of the molecule is COc1ccc(F)c(-c2ccc(COc3ccc4c(c3)C3(CC4)CC3C(=O)O)cc2C(OC)C(C)(C)C)c1. The zero-order valence-electron chi connectivity index (χ0n) is 22.6. The second-order valence-corrected chi connectivity index (χ2v) is 11.6. The molecule has 0 aliphatic heterocycles. The first-order chi connectivity index (χ1) is 18.1. The molecule has 6 heteroatoms. The summed E-state index contributed by atoms with van der Waals surface area (Å²) >= 11 is 0. The van der Waals surface area contributed by atoms with Gasteiger partial charge in [0.15, 0.2) is 0 Å². The average Bonchev–Trinajstić information content (AvgIpc) is 3.52. The zero-order valence-corrected chi connectivity index (χ0v) is 22.6. The van der Waals surface area contributed by atoms with Crippen LogP contribution in [0.4, 0.5) is 4.39 Å². The number of aliphatic carboxylic acids is 1. The maximum atomic E-state index is 15.0. The van der Waals surface area contributed by atoms with Crippen molar-refractivity contribution in [1.82, 2.24) is 0 Å². The van der Waals surface area contributed by atoms with Crippen LogP contribution in [-0.2, 0) is 28.0 Å². The lowest BCUT2D eigenvalue weighted by Gasteiger charge is -2.32. The highest BCUT2D eigenvalue weighted by atomic mass is 19.1. The number of fused-ring (bicyclic) bond motifs is 2. The number of carboxylic acid groups (broad SMARTS) is 1. The predicted molar refractivity (Wildman–Crippen MR) is 144 cm³/mol. The van der Waals surface area contributed by atoms with Gasteiger partial charge in [0.1, 0.15) is 23.9 Å². The monoisotopic (exact) mass is 518 g/mol. The molecule has 1 saturated carbocycles. The van der Waals surface area contributed by atoms with Crippen molar-refractivity contribution in [1.29, 1.82) is 0 Å². The predicted octanol–water partition coefficient (Wildman–Crippen LogP) is 7.10. The fourth-order valence-electron chi connectivity index (χ4n) is 6.14. The van der Waals surface area contributed by atoms with Gasteiger partial charge in [-0.1, -0.05) is 39.0 Å². The summed E-state index contributed by atoms with van der Waals surface area (Å²) in [5.41, 5.74) is 4.90. The zero-order chi connectivity index (χ0) is 27.2. The number of benzene rings is 3. The molecule has 0 bridgehead atoms. The highest BCUT2D eigenvalue weighted by Crippen LogP contribution is 2.62. The van der Waals surface area contributed by atoms with E-state index in [1.807, 2.05) is 30.3 Å². The molecule has 3 aromatic carbocycles. The number of carbonyl (C=O) groups is 1. The number of ether oxygens (including phenoxy) is 3. The van der Waals surface area contributed by atoms with Gasteiger partial charge in [0.2, 0.25) is 0 Å². The van der Waals surface area contributed by atoms with Gasteiger partial charge in [0, 0.05) is 18.1 Å². The van der Waals surface area contributed by atoms with E-state index < -0.39 is 5.97 Å². The van der Waals surface area contributed by atoms with E-state index in [1.54, 1.807) is 26.4 Å². The summed E-state index contributed by atoms with van der Waals surface area (Å²) in [6.07, 6.45) is 2.22. The van der Waals surface area contributed by atoms with Crippen LogP contribution < -0.4 is 9.47 Å². The van der Waals surface area contributed by atoms with E-state index in [2.05, 4.69) is 26.8 Å². The smallest absolute Gasteiger partial charge is 0.307 e. The molecule has 3 unspecified atom stereocenters. The van der Waals surface area contributed by atoms with E-state index in [0.29, 0.717) is 24.3 Å². The fourth-order valence-corrected chi connectivity index (χ4v) is 6.14. The third kappa shape index (κ3) is 4.66. The highest BCUT2D eigenvalue weighted by molar-refractivity contribution is 5.78. The van der Waals surface area contributed by atoms with Crippen molar-refractivity contribution in [2.75, 3.05) is 14.2 Å². The van der Waals surface area contributed by atoms with E-state index in [-0.39, 0.29) is 28.7 Å². The van der Waals surface area contributed by atoms with Gasteiger partial charge in [-0.15, -0.1) is 0 Å². The molecular weight excluding hydrogens is 483 g/mol. The summed E-state index contributed by atoms with van der Waals surface area (Å²) in [6, 6.07) is 16.7. The van der Waals surface area contributed by atoms with Gasteiger partial charge < -0.3 is 19.3 Å². The Labute approximate surface area is 223 Å². The lowest BCUT2D eigenvalue weighted by Crippen LogP contribution is -2.21. The van der Waals surface area contributed by atoms with Gasteiger partial charge in [-0.25, -0.2) is 4.39 Å². The Hall–Kier alpha value is -3.38. The Morgan fingerprint density at radius 1 is 1.05 bits per heavy atom. The van der Waals surface area contributed by atoms with Crippen molar-refractivity contribution >= 4 is 5.97 Å². The molecule has 5 rings (SSSR count). The van der Waals surface area contributed by atoms with Gasteiger partial charge in [0.25, 0.3) is 0 Å². The summed E-state index contributed by atoms with van der Waals surface area (Å²) in [4.78, 5) is 11.6. The van der Waals surface area contributed by atoms with Crippen LogP contribution in [0.1, 0.15) is 62.0 Å². The molecule has 1 N–H and O–H groups in total. The van der Waals surface area contributed by atoms with Crippen LogP contribution in [0, 0.1) is 17.2 Å². The second-order valence-electron chi connectivity index (χ2n) is 11.6. The van der Waals surface area contributed by atoms with Gasteiger partial charge in [-0.05, 0) is 88.9 Å². The number of methoxy groups -OCH3 is 2. The lowest BCUT2D eigenvalue weighted by atomic mass is 9.81. The maximum Gasteiger partial charge on any atom is 0.307 e. The van der Waals surface area contributed by atoms with E-state index >= 15 is 4.39 Å². The summed E-state index contributed by atoms with van der Waals surface area (Å²) < 4.78 is 32.5. The van der Waals surface area contributed by atoms with Crippen LogP contribution in [0.2, 0.25) is 0 Å². The maximum absolute atomic E-state index is 15.0. The van der Waals surface area contributed by atoms with E-state index in [4.69, 9.17) is 14.2 Å².